The third-order valence-electron chi connectivity index (χ3n) is 8.63. The van der Waals surface area contributed by atoms with Gasteiger partial charge < -0.3 is 5.32 Å². The molecule has 3 aromatic carbocycles. The van der Waals surface area contributed by atoms with Crippen molar-refractivity contribution in [2.45, 2.75) is 43.9 Å². The van der Waals surface area contributed by atoms with Crippen LogP contribution in [0, 0.1) is 11.6 Å². The summed E-state index contributed by atoms with van der Waals surface area (Å²) in [4.78, 5) is 32.7. The predicted octanol–water partition coefficient (Wildman–Crippen LogP) is 5.77. The van der Waals surface area contributed by atoms with Gasteiger partial charge in [-0.1, -0.05) is 11.6 Å². The lowest BCUT2D eigenvalue weighted by molar-refractivity contribution is -0.137. The molecule has 0 unspecified atom stereocenters. The van der Waals surface area contributed by atoms with E-state index in [4.69, 9.17) is 11.6 Å². The summed E-state index contributed by atoms with van der Waals surface area (Å²) in [6.07, 6.45) is -0.737. The quantitative estimate of drug-likeness (QED) is 0.168. The Morgan fingerprint density at radius 1 is 1.04 bits per heavy atom. The molecule has 1 aliphatic rings. The zero-order valence-corrected chi connectivity index (χ0v) is 29.3. The van der Waals surface area contributed by atoms with Crippen molar-refractivity contribution in [1.82, 2.24) is 34.4 Å². The molecular weight excluding hydrogens is 747 g/mol. The van der Waals surface area contributed by atoms with Crippen LogP contribution in [0.5, 0.6) is 0 Å². The van der Waals surface area contributed by atoms with Crippen molar-refractivity contribution in [2.24, 2.45) is 7.05 Å². The number of benzene rings is 3. The number of carbonyl (C=O) groups is 1. The van der Waals surface area contributed by atoms with Gasteiger partial charge in [0.2, 0.25) is 15.9 Å². The number of hydrogen-bond acceptors (Lipinski definition) is 7. The van der Waals surface area contributed by atoms with Crippen LogP contribution in [0.2, 0.25) is 5.02 Å². The number of carbonyl (C=O) groups excluding carboxylic acids is 1. The van der Waals surface area contributed by atoms with Crippen LogP contribution in [0.15, 0.2) is 65.6 Å². The van der Waals surface area contributed by atoms with Gasteiger partial charge in [-0.05, 0) is 66.9 Å². The van der Waals surface area contributed by atoms with Gasteiger partial charge in [0, 0.05) is 31.6 Å². The van der Waals surface area contributed by atoms with Gasteiger partial charge in [-0.2, -0.15) is 23.4 Å². The van der Waals surface area contributed by atoms with Gasteiger partial charge in [0.15, 0.2) is 5.82 Å². The molecule has 276 valence electrons. The van der Waals surface area contributed by atoms with Crippen molar-refractivity contribution in [3.8, 4) is 5.69 Å². The number of alkyl halides is 3. The Morgan fingerprint density at radius 3 is 2.42 bits per heavy atom. The molecule has 1 aliphatic carbocycles. The Morgan fingerprint density at radius 2 is 1.75 bits per heavy atom. The van der Waals surface area contributed by atoms with E-state index in [1.807, 2.05) is 0 Å². The molecule has 3 heterocycles. The van der Waals surface area contributed by atoms with E-state index in [0.717, 1.165) is 53.6 Å². The van der Waals surface area contributed by atoms with Crippen molar-refractivity contribution < 1.29 is 35.2 Å². The van der Waals surface area contributed by atoms with Crippen molar-refractivity contribution in [2.75, 3.05) is 11.0 Å². The van der Waals surface area contributed by atoms with Crippen LogP contribution in [-0.2, 0) is 41.0 Å². The number of nitrogens with one attached hydrogen (secondary N) is 2. The molecule has 12 nitrogen and oxygen atoms in total. The summed E-state index contributed by atoms with van der Waals surface area (Å²) in [5.41, 5.74) is -1.43. The zero-order chi connectivity index (χ0) is 38.0. The van der Waals surface area contributed by atoms with Crippen molar-refractivity contribution >= 4 is 55.2 Å². The standard InChI is InChI=1S/C34H28ClF5N8O4S/c1-46-30-27(8-7-23(35)29(30)31(44-46)45-53(2,51)52)48-32(42-25-14-19(34(38,39)40)5-6-22(25)33(48)50)26(13-17-11-20(36)15-21(37)12-17)41-28(49)16-47-10-9-24(43-47)18-3-4-18/h5-12,14-15,18,26H,3-4,13,16H2,1-2H3,(H,41,49)(H,44,45)/t26-/m0/s1. The maximum absolute atomic E-state index is 14.5. The number of aryl methyl sites for hydroxylation is 1. The first-order chi connectivity index (χ1) is 24.9. The Balaban J connectivity index is 1.46. The Labute approximate surface area is 302 Å². The first-order valence-corrected chi connectivity index (χ1v) is 18.3. The van der Waals surface area contributed by atoms with Crippen LogP contribution in [0.1, 0.15) is 47.4 Å². The van der Waals surface area contributed by atoms with Gasteiger partial charge >= 0.3 is 6.18 Å². The lowest BCUT2D eigenvalue weighted by Gasteiger charge is -2.24. The second kappa shape index (κ2) is 13.2. The molecule has 0 aliphatic heterocycles. The highest BCUT2D eigenvalue weighted by molar-refractivity contribution is 7.92. The Hall–Kier alpha value is -5.36. The van der Waals surface area contributed by atoms with Gasteiger partial charge in [-0.3, -0.25) is 28.2 Å². The smallest absolute Gasteiger partial charge is 0.344 e. The van der Waals surface area contributed by atoms with Crippen LogP contribution in [0.4, 0.5) is 27.8 Å². The number of amides is 1. The molecule has 53 heavy (non-hydrogen) atoms. The zero-order valence-electron chi connectivity index (χ0n) is 27.7. The number of sulfonamides is 1. The molecule has 1 amide bonds. The molecule has 1 fully saturated rings. The molecule has 0 spiro atoms. The minimum atomic E-state index is -4.80. The number of aromatic nitrogens is 6. The minimum absolute atomic E-state index is 0.000993. The molecule has 6 aromatic rings. The van der Waals surface area contributed by atoms with E-state index in [1.54, 1.807) is 12.3 Å². The largest absolute Gasteiger partial charge is 0.416 e. The van der Waals surface area contributed by atoms with Crippen LogP contribution >= 0.6 is 11.6 Å². The van der Waals surface area contributed by atoms with E-state index in [-0.39, 0.29) is 62.7 Å². The average Bonchev–Trinajstić information content (AvgIpc) is 3.71. The van der Waals surface area contributed by atoms with Crippen LogP contribution in [0.25, 0.3) is 27.5 Å². The number of nitrogens with zero attached hydrogens (tertiary/aromatic N) is 6. The Bertz CT molecular complexity index is 2600. The summed E-state index contributed by atoms with van der Waals surface area (Å²) in [5.74, 6) is -2.74. The van der Waals surface area contributed by atoms with Crippen LogP contribution in [0.3, 0.4) is 0 Å². The fourth-order valence-electron chi connectivity index (χ4n) is 6.25. The lowest BCUT2D eigenvalue weighted by atomic mass is 10.0. The summed E-state index contributed by atoms with van der Waals surface area (Å²) >= 11 is 6.54. The van der Waals surface area contributed by atoms with E-state index in [0.29, 0.717) is 18.1 Å². The molecule has 2 N–H and O–H groups in total. The van der Waals surface area contributed by atoms with Gasteiger partial charge in [-0.25, -0.2) is 22.2 Å². The van der Waals surface area contributed by atoms with Gasteiger partial charge in [0.25, 0.3) is 5.56 Å². The van der Waals surface area contributed by atoms with Gasteiger partial charge in [-0.15, -0.1) is 0 Å². The van der Waals surface area contributed by atoms with Crippen molar-refractivity contribution in [3.05, 3.63) is 110 Å². The minimum Gasteiger partial charge on any atom is -0.344 e. The number of rotatable bonds is 10. The highest BCUT2D eigenvalue weighted by Crippen LogP contribution is 2.39. The molecule has 0 radical (unpaired) electrons. The third kappa shape index (κ3) is 7.46. The highest BCUT2D eigenvalue weighted by atomic mass is 35.5. The molecule has 7 rings (SSSR count). The summed E-state index contributed by atoms with van der Waals surface area (Å²) in [6, 6.07) is 8.16. The summed E-state index contributed by atoms with van der Waals surface area (Å²) in [5, 5.41) is 11.3. The van der Waals surface area contributed by atoms with E-state index >= 15 is 0 Å². The summed E-state index contributed by atoms with van der Waals surface area (Å²) < 4.78 is 101. The SMILES string of the molecule is Cn1nc(NS(C)(=O)=O)c2c(Cl)ccc(-n3c([C@H](Cc4cc(F)cc(F)c4)NC(=O)Cn4ccc(C5CC5)n4)nc4cc(C(F)(F)F)ccc4c3=O)c21. The normalized spacial score (nSPS) is 14.2. The Kier molecular flexibility index (Phi) is 9.00. The maximum atomic E-state index is 14.5. The van der Waals surface area contributed by atoms with E-state index < -0.39 is 50.9 Å². The van der Waals surface area contributed by atoms with E-state index in [9.17, 15) is 40.0 Å². The lowest BCUT2D eigenvalue weighted by Crippen LogP contribution is -2.37. The average molecular weight is 775 g/mol. The second-order valence-electron chi connectivity index (χ2n) is 12.8. The van der Waals surface area contributed by atoms with Crippen LogP contribution in [-0.4, -0.2) is 49.7 Å². The van der Waals surface area contributed by atoms with E-state index in [1.165, 1.54) is 28.5 Å². The predicted molar refractivity (Wildman–Crippen MR) is 185 cm³/mol. The molecule has 19 heteroatoms. The fraction of sp³-hybridized carbons (Fsp3) is 0.265. The van der Waals surface area contributed by atoms with Crippen LogP contribution < -0.4 is 15.6 Å². The molecular formula is C34H28ClF5N8O4S. The number of hydrogen-bond donors (Lipinski definition) is 2. The second-order valence-corrected chi connectivity index (χ2v) is 14.9. The molecule has 0 bridgehead atoms. The topological polar surface area (TPSA) is 146 Å². The molecule has 0 saturated heterocycles. The summed E-state index contributed by atoms with van der Waals surface area (Å²) in [7, 11) is -2.43. The first-order valence-electron chi connectivity index (χ1n) is 16.0. The number of halogens is 6. The van der Waals surface area contributed by atoms with Gasteiger partial charge in [0.1, 0.15) is 24.0 Å². The van der Waals surface area contributed by atoms with Crippen molar-refractivity contribution in [1.29, 1.82) is 0 Å². The van der Waals surface area contributed by atoms with Crippen molar-refractivity contribution in [3.63, 3.8) is 0 Å². The van der Waals surface area contributed by atoms with Gasteiger partial charge in [0.05, 0.1) is 56.1 Å². The maximum Gasteiger partial charge on any atom is 0.416 e. The number of fused-ring (bicyclic) bond motifs is 2. The fourth-order valence-corrected chi connectivity index (χ4v) is 6.99. The number of anilines is 1. The summed E-state index contributed by atoms with van der Waals surface area (Å²) in [6.45, 7) is -0.315. The first kappa shape index (κ1) is 36.0. The van der Waals surface area contributed by atoms with E-state index in [2.05, 4.69) is 25.2 Å². The highest BCUT2D eigenvalue weighted by Gasteiger charge is 2.33. The monoisotopic (exact) mass is 774 g/mol. The third-order valence-corrected chi connectivity index (χ3v) is 9.51. The molecule has 1 atom stereocenters. The molecule has 1 saturated carbocycles. The molecule has 3 aromatic heterocycles.